The topological polar surface area (TPSA) is 17.4 Å². The molecule has 1 saturated heterocycles. The molecule has 2 aromatic carbocycles. The molecular weight excluding hydrogens is 364 g/mol. The first kappa shape index (κ1) is 15.5. The Kier molecular flexibility index (Phi) is 4.17. The minimum Gasteiger partial charge on any atom is -0.352 e. The summed E-state index contributed by atoms with van der Waals surface area (Å²) in [5.41, 5.74) is 4.80. The van der Waals surface area contributed by atoms with Gasteiger partial charge < -0.3 is 14.2 Å². The van der Waals surface area contributed by atoms with E-state index in [0.717, 1.165) is 23.3 Å². The molecule has 0 bridgehead atoms. The van der Waals surface area contributed by atoms with Crippen molar-refractivity contribution < 1.29 is 4.74 Å². The van der Waals surface area contributed by atoms with Crippen molar-refractivity contribution >= 4 is 21.6 Å². The molecule has 0 unspecified atom stereocenters. The van der Waals surface area contributed by atoms with Crippen LogP contribution in [0, 0.1) is 6.92 Å². The van der Waals surface area contributed by atoms with Gasteiger partial charge in [0.05, 0.1) is 6.61 Å². The number of halogens is 1. The standard InChI is InChI=1S/C20H19BrN2O/c1-15-2-6-19(7-3-15)23-12-13-24-20(23)16-10-11-22(14-16)18-8-4-17(21)5-9-18/h2-11,14,20H,12-13H2,1H3/t20-/m1/s1. The maximum atomic E-state index is 6.01. The summed E-state index contributed by atoms with van der Waals surface area (Å²) in [7, 11) is 0. The summed E-state index contributed by atoms with van der Waals surface area (Å²) in [6.07, 6.45) is 4.22. The Hall–Kier alpha value is -2.04. The summed E-state index contributed by atoms with van der Waals surface area (Å²) in [5, 5.41) is 0. The normalized spacial score (nSPS) is 17.4. The first-order valence-corrected chi connectivity index (χ1v) is 8.89. The van der Waals surface area contributed by atoms with Crippen LogP contribution < -0.4 is 4.90 Å². The van der Waals surface area contributed by atoms with E-state index in [9.17, 15) is 0 Å². The fraction of sp³-hybridized carbons (Fsp3) is 0.200. The van der Waals surface area contributed by atoms with E-state index in [2.05, 4.69) is 99.3 Å². The van der Waals surface area contributed by atoms with Gasteiger partial charge in [-0.2, -0.15) is 0 Å². The molecule has 0 amide bonds. The predicted molar refractivity (Wildman–Crippen MR) is 101 cm³/mol. The molecule has 1 fully saturated rings. The predicted octanol–water partition coefficient (Wildman–Crippen LogP) is 5.08. The third-order valence-electron chi connectivity index (χ3n) is 4.38. The lowest BCUT2D eigenvalue weighted by Crippen LogP contribution is -2.22. The summed E-state index contributed by atoms with van der Waals surface area (Å²) in [5.74, 6) is 0. The Morgan fingerprint density at radius 1 is 0.958 bits per heavy atom. The Bertz CT molecular complexity index is 824. The van der Waals surface area contributed by atoms with Gasteiger partial charge in [0.15, 0.2) is 6.23 Å². The molecule has 4 rings (SSSR count). The molecule has 1 atom stereocenters. The van der Waals surface area contributed by atoms with Crippen LogP contribution in [0.1, 0.15) is 17.4 Å². The van der Waals surface area contributed by atoms with Crippen LogP contribution in [0.4, 0.5) is 5.69 Å². The van der Waals surface area contributed by atoms with Crippen LogP contribution in [0.2, 0.25) is 0 Å². The molecule has 0 N–H and O–H groups in total. The van der Waals surface area contributed by atoms with Gasteiger partial charge in [0.2, 0.25) is 0 Å². The van der Waals surface area contributed by atoms with Crippen LogP contribution in [0.3, 0.4) is 0 Å². The highest BCUT2D eigenvalue weighted by atomic mass is 79.9. The van der Waals surface area contributed by atoms with Gasteiger partial charge in [-0.3, -0.25) is 0 Å². The molecule has 0 spiro atoms. The molecule has 0 aliphatic carbocycles. The van der Waals surface area contributed by atoms with Crippen LogP contribution >= 0.6 is 15.9 Å². The average Bonchev–Trinajstić information content (AvgIpc) is 3.25. The molecule has 0 saturated carbocycles. The number of aromatic nitrogens is 1. The molecule has 122 valence electrons. The van der Waals surface area contributed by atoms with Gasteiger partial charge in [-0.15, -0.1) is 0 Å². The lowest BCUT2D eigenvalue weighted by atomic mass is 10.2. The van der Waals surface area contributed by atoms with Crippen LogP contribution in [-0.2, 0) is 4.74 Å². The maximum Gasteiger partial charge on any atom is 0.158 e. The summed E-state index contributed by atoms with van der Waals surface area (Å²) >= 11 is 3.48. The molecule has 1 aliphatic rings. The molecular formula is C20H19BrN2O. The summed E-state index contributed by atoms with van der Waals surface area (Å²) in [6, 6.07) is 19.1. The van der Waals surface area contributed by atoms with Crippen molar-refractivity contribution in [2.45, 2.75) is 13.2 Å². The lowest BCUT2D eigenvalue weighted by molar-refractivity contribution is 0.114. The number of ether oxygens (including phenoxy) is 1. The number of anilines is 1. The maximum absolute atomic E-state index is 6.01. The zero-order valence-corrected chi connectivity index (χ0v) is 15.1. The SMILES string of the molecule is Cc1ccc(N2CCO[C@@H]2c2ccn(-c3ccc(Br)cc3)c2)cc1. The van der Waals surface area contributed by atoms with Crippen LogP contribution in [0.5, 0.6) is 0 Å². The van der Waals surface area contributed by atoms with E-state index in [1.807, 2.05) is 0 Å². The summed E-state index contributed by atoms with van der Waals surface area (Å²) in [4.78, 5) is 2.32. The minimum atomic E-state index is -0.0237. The smallest absolute Gasteiger partial charge is 0.158 e. The number of benzene rings is 2. The second-order valence-electron chi connectivity index (χ2n) is 6.08. The Morgan fingerprint density at radius 3 is 2.42 bits per heavy atom. The Labute approximate surface area is 150 Å². The largest absolute Gasteiger partial charge is 0.352 e. The second kappa shape index (κ2) is 6.46. The second-order valence-corrected chi connectivity index (χ2v) is 7.00. The Morgan fingerprint density at radius 2 is 1.67 bits per heavy atom. The molecule has 3 aromatic rings. The summed E-state index contributed by atoms with van der Waals surface area (Å²) < 4.78 is 9.23. The van der Waals surface area contributed by atoms with Crippen molar-refractivity contribution in [1.29, 1.82) is 0 Å². The van der Waals surface area contributed by atoms with Gasteiger partial charge in [-0.25, -0.2) is 0 Å². The number of hydrogen-bond donors (Lipinski definition) is 0. The fourth-order valence-corrected chi connectivity index (χ4v) is 3.34. The van der Waals surface area contributed by atoms with Crippen molar-refractivity contribution in [2.75, 3.05) is 18.1 Å². The van der Waals surface area contributed by atoms with E-state index in [4.69, 9.17) is 4.74 Å². The van der Waals surface area contributed by atoms with Gasteiger partial charge >= 0.3 is 0 Å². The number of hydrogen-bond acceptors (Lipinski definition) is 2. The van der Waals surface area contributed by atoms with E-state index < -0.39 is 0 Å². The molecule has 2 heterocycles. The molecule has 4 heteroatoms. The molecule has 0 radical (unpaired) electrons. The number of rotatable bonds is 3. The van der Waals surface area contributed by atoms with E-state index in [0.29, 0.717) is 0 Å². The molecule has 3 nitrogen and oxygen atoms in total. The molecule has 1 aliphatic heterocycles. The van der Waals surface area contributed by atoms with Crippen molar-refractivity contribution in [1.82, 2.24) is 4.57 Å². The van der Waals surface area contributed by atoms with Gasteiger partial charge in [-0.05, 0) is 49.4 Å². The first-order chi connectivity index (χ1) is 11.7. The fourth-order valence-electron chi connectivity index (χ4n) is 3.08. The van der Waals surface area contributed by atoms with Crippen molar-refractivity contribution in [3.63, 3.8) is 0 Å². The number of aryl methyl sites for hydroxylation is 1. The van der Waals surface area contributed by atoms with Crippen LogP contribution in [0.15, 0.2) is 71.5 Å². The minimum absolute atomic E-state index is 0.0237. The van der Waals surface area contributed by atoms with Gasteiger partial charge in [-0.1, -0.05) is 33.6 Å². The third-order valence-corrected chi connectivity index (χ3v) is 4.91. The third kappa shape index (κ3) is 2.99. The van der Waals surface area contributed by atoms with Gasteiger partial charge in [0.25, 0.3) is 0 Å². The zero-order chi connectivity index (χ0) is 16.5. The number of nitrogens with zero attached hydrogens (tertiary/aromatic N) is 2. The zero-order valence-electron chi connectivity index (χ0n) is 13.5. The lowest BCUT2D eigenvalue weighted by Gasteiger charge is -2.24. The first-order valence-electron chi connectivity index (χ1n) is 8.09. The van der Waals surface area contributed by atoms with Crippen molar-refractivity contribution in [3.05, 3.63) is 82.6 Å². The van der Waals surface area contributed by atoms with E-state index in [-0.39, 0.29) is 6.23 Å². The molecule has 24 heavy (non-hydrogen) atoms. The van der Waals surface area contributed by atoms with E-state index in [1.165, 1.54) is 16.8 Å². The molecule has 1 aromatic heterocycles. The highest BCUT2D eigenvalue weighted by Gasteiger charge is 2.27. The van der Waals surface area contributed by atoms with Crippen LogP contribution in [-0.4, -0.2) is 17.7 Å². The van der Waals surface area contributed by atoms with Gasteiger partial charge in [0, 0.05) is 40.3 Å². The van der Waals surface area contributed by atoms with Gasteiger partial charge in [0.1, 0.15) is 0 Å². The highest BCUT2D eigenvalue weighted by molar-refractivity contribution is 9.10. The monoisotopic (exact) mass is 382 g/mol. The van der Waals surface area contributed by atoms with Crippen molar-refractivity contribution in [3.8, 4) is 5.69 Å². The average molecular weight is 383 g/mol. The Balaban J connectivity index is 1.61. The summed E-state index contributed by atoms with van der Waals surface area (Å²) in [6.45, 7) is 3.78. The van der Waals surface area contributed by atoms with E-state index in [1.54, 1.807) is 0 Å². The highest BCUT2D eigenvalue weighted by Crippen LogP contribution is 2.32. The van der Waals surface area contributed by atoms with Crippen molar-refractivity contribution in [2.24, 2.45) is 0 Å². The quantitative estimate of drug-likeness (QED) is 0.627. The van der Waals surface area contributed by atoms with Crippen LogP contribution in [0.25, 0.3) is 5.69 Å². The van der Waals surface area contributed by atoms with E-state index >= 15 is 0 Å².